The number of anilines is 1. The third-order valence-electron chi connectivity index (χ3n) is 24.2. The lowest BCUT2D eigenvalue weighted by atomic mass is 9.78. The van der Waals surface area contributed by atoms with Crippen molar-refractivity contribution in [2.75, 3.05) is 18.0 Å². The van der Waals surface area contributed by atoms with E-state index in [0.717, 1.165) is 135 Å². The van der Waals surface area contributed by atoms with Crippen LogP contribution in [0.1, 0.15) is 107 Å². The van der Waals surface area contributed by atoms with Crippen LogP contribution in [0.3, 0.4) is 0 Å². The van der Waals surface area contributed by atoms with Crippen LogP contribution in [0.2, 0.25) is 0 Å². The number of aromatic nitrogens is 3. The van der Waals surface area contributed by atoms with Gasteiger partial charge in [-0.05, 0) is 145 Å². The number of aryl methyl sites for hydroxylation is 1. The minimum absolute atomic E-state index is 0.123. The van der Waals surface area contributed by atoms with Gasteiger partial charge in [0, 0.05) is 132 Å². The van der Waals surface area contributed by atoms with Crippen molar-refractivity contribution >= 4 is 292 Å². The summed E-state index contributed by atoms with van der Waals surface area (Å²) < 4.78 is 105. The summed E-state index contributed by atoms with van der Waals surface area (Å²) >= 11 is 29.3. The summed E-state index contributed by atoms with van der Waals surface area (Å²) in [5, 5.41) is 2.90. The molecule has 0 saturated carbocycles. The standard InChI is InChI=1S/C25H26BF2N3O.C24H27BF2N2O.C16H11BI2N2O.C13H10BBr2NO.C13H10BCl2NO.C13H10BI2NO/c1-4-29(5-2)19-12-11-18-17-31(26(27,28)32-25(18)16-19)20-13-14-24-22(15-20)21-9-7-8-10-23(21)30(24)6-3;1-23(2,3)17-13-16-15-29(21-11-7-10-20-18(21)9-8-12-28-20)25(26,27)30-22(16)19(14-17)24(4,5)6;18-17(19)21(14-5-3-9-20-10-14)11-13-8-7-12-4-1-2-6-15(12)16(13)22-17;3*15-14(16)17(12-7-2-1-3-8-12)10-11-6-4-5-9-13(11)18-14/h7-17H,4-6H2,1-3H3;7-15H,1-6H3;1-11H;3*1-10H. The summed E-state index contributed by atoms with van der Waals surface area (Å²) in [5.41, 5.74) is 15.6. The Hall–Kier alpha value is -10.3. The van der Waals surface area contributed by atoms with E-state index in [1.165, 1.54) is 17.8 Å². The van der Waals surface area contributed by atoms with Gasteiger partial charge in [0.25, 0.3) is 0 Å². The first-order valence-corrected chi connectivity index (χ1v) is 53.0. The fourth-order valence-corrected chi connectivity index (χ4v) is 21.9. The number of rotatable bonds is 10. The highest BCUT2D eigenvalue weighted by Crippen LogP contribution is 2.47. The van der Waals surface area contributed by atoms with Crippen molar-refractivity contribution in [3.05, 3.63) is 379 Å². The summed E-state index contributed by atoms with van der Waals surface area (Å²) in [7, 11) is -8.56. The van der Waals surface area contributed by atoms with Crippen LogP contribution < -0.4 is 32.8 Å². The van der Waals surface area contributed by atoms with E-state index in [-0.39, 0.29) is 22.3 Å². The van der Waals surface area contributed by atoms with Gasteiger partial charge in [0.2, 0.25) is 0 Å². The van der Waals surface area contributed by atoms with Gasteiger partial charge in [0.1, 0.15) is 37.3 Å². The summed E-state index contributed by atoms with van der Waals surface area (Å²) in [6, 6.07) is 102. The summed E-state index contributed by atoms with van der Waals surface area (Å²) in [5.74, 6) is 3.98. The van der Waals surface area contributed by atoms with Gasteiger partial charge < -0.3 is 81.6 Å². The van der Waals surface area contributed by atoms with Crippen LogP contribution in [-0.4, -0.2) is 120 Å². The van der Waals surface area contributed by atoms with Crippen molar-refractivity contribution in [3.8, 4) is 34.5 Å². The molecule has 0 atom stereocenters. The molecule has 0 bridgehead atoms. The SMILES string of the molecule is Br[B-]1(Br)Oc2ccccc2C=[N+]1c1ccccc1.CC(C)(C)c1cc2c(c(C(C)(C)C)c1)O[B-](F)(F)[N+](c1cccc3ncccc13)=C2.CCN(CC)c1ccc2c(c1)O[B-](F)(F)[N+](c1ccc3c(c1)c1ccccc1n3CC)=C2.Cl[B-]1(Cl)Oc2ccccc2C=[N+]1c1ccccc1.I[B-]1(I)Oc2c(ccc3ccccc23)C=[N+]1c1cccnc1.I[B-]1(I)Oc2ccccc2C=[N+]1c1ccccc1. The van der Waals surface area contributed by atoms with Crippen LogP contribution in [0.25, 0.3) is 43.5 Å². The van der Waals surface area contributed by atoms with Gasteiger partial charge >= 0.3 is 27.9 Å². The normalized spacial score (nSPS) is 15.9. The minimum atomic E-state index is -4.30. The van der Waals surface area contributed by atoms with Crippen molar-refractivity contribution < 1.29 is 72.1 Å². The molecule has 0 unspecified atom stereocenters. The van der Waals surface area contributed by atoms with Crippen molar-refractivity contribution in [1.29, 1.82) is 0 Å². The second kappa shape index (κ2) is 41.1. The average Bonchev–Trinajstić information content (AvgIpc) is 1.71. The predicted octanol–water partition coefficient (Wildman–Crippen LogP) is 29.2. The maximum absolute atomic E-state index is 15.4. The largest absolute Gasteiger partial charge is 0.834 e. The average molecular weight is 2460 g/mol. The van der Waals surface area contributed by atoms with E-state index in [4.69, 9.17) is 50.8 Å². The van der Waals surface area contributed by atoms with E-state index < -0.39 is 27.9 Å². The topological polar surface area (TPSA) is 107 Å². The Morgan fingerprint density at radius 3 is 1.51 bits per heavy atom. The minimum Gasteiger partial charge on any atom is -0.642 e. The van der Waals surface area contributed by atoms with Crippen molar-refractivity contribution in [3.63, 3.8) is 0 Å². The first kappa shape index (κ1) is 99.2. The van der Waals surface area contributed by atoms with Gasteiger partial charge in [-0.25, -0.2) is 22.9 Å². The van der Waals surface area contributed by atoms with Gasteiger partial charge in [0.05, 0.1) is 85.0 Å². The van der Waals surface area contributed by atoms with E-state index in [1.54, 1.807) is 53.3 Å². The molecule has 0 spiro atoms. The summed E-state index contributed by atoms with van der Waals surface area (Å²) in [6.45, 7) is 21.0. The molecule has 22 rings (SSSR count). The Balaban J connectivity index is 0.000000116. The lowest BCUT2D eigenvalue weighted by molar-refractivity contribution is -0.343. The first-order valence-electron chi connectivity index (χ1n) is 45.3. The molecule has 6 aliphatic heterocycles. The van der Waals surface area contributed by atoms with E-state index in [0.29, 0.717) is 39.2 Å². The second-order valence-corrected chi connectivity index (χ2v) is 52.1. The Morgan fingerprint density at radius 1 is 0.377 bits per heavy atom. The van der Waals surface area contributed by atoms with Gasteiger partial charge in [0.15, 0.2) is 34.1 Å². The molecule has 0 saturated heterocycles. The molecular weight excluding hydrogens is 2360 g/mol. The number of para-hydroxylation sites is 7. The molecule has 13 aromatic carbocycles. The fraction of sp³-hybridized carbons (Fsp3) is 0.135. The Morgan fingerprint density at radius 2 is 0.877 bits per heavy atom. The molecule has 9 heterocycles. The van der Waals surface area contributed by atoms with Crippen LogP contribution in [-0.2, 0) is 17.4 Å². The van der Waals surface area contributed by atoms with E-state index in [9.17, 15) is 0 Å². The van der Waals surface area contributed by atoms with Crippen LogP contribution in [0.4, 0.5) is 57.1 Å². The number of hydrogen-bond acceptors (Lipinski definition) is 9. The monoisotopic (exact) mass is 2460 g/mol. The summed E-state index contributed by atoms with van der Waals surface area (Å²) in [4.78, 5) is 10.6. The van der Waals surface area contributed by atoms with Gasteiger partial charge in [-0.3, -0.25) is 9.97 Å². The zero-order valence-corrected chi connectivity index (χ0v) is 90.1. The molecule has 16 nitrogen and oxygen atoms in total. The molecule has 0 aliphatic carbocycles. The molecule has 3 aromatic heterocycles. The van der Waals surface area contributed by atoms with Crippen molar-refractivity contribution in [2.45, 2.75) is 79.7 Å². The number of benzene rings is 13. The molecule has 0 radical (unpaired) electrons. The zero-order chi connectivity index (χ0) is 97.3. The molecular formula is C104H94B6Br2Cl2F4I4N10O6. The van der Waals surface area contributed by atoms with Crippen LogP contribution >= 0.6 is 144 Å². The molecule has 16 aromatic rings. The Kier molecular flexibility index (Phi) is 29.5. The summed E-state index contributed by atoms with van der Waals surface area (Å²) in [6.07, 6.45) is 16.6. The number of pyridine rings is 2. The molecule has 0 amide bonds. The van der Waals surface area contributed by atoms with Crippen molar-refractivity contribution in [1.82, 2.24) is 14.5 Å². The Bertz CT molecular complexity index is 7250. The quantitative estimate of drug-likeness (QED) is 0.0751. The Labute approximate surface area is 880 Å². The number of nitrogens with zero attached hydrogens (tertiary/aromatic N) is 10. The number of halogens is 12. The lowest BCUT2D eigenvalue weighted by Gasteiger charge is -2.35. The molecule has 6 aliphatic rings. The third-order valence-corrected chi connectivity index (χ3v) is 29.4. The van der Waals surface area contributed by atoms with Gasteiger partial charge in [-0.2, -0.15) is 121 Å². The van der Waals surface area contributed by atoms with E-state index >= 15 is 17.3 Å². The van der Waals surface area contributed by atoms with Crippen molar-refractivity contribution in [2.24, 2.45) is 0 Å². The molecule has 0 fully saturated rings. The van der Waals surface area contributed by atoms with Crippen LogP contribution in [0, 0.1) is 0 Å². The van der Waals surface area contributed by atoms with Crippen LogP contribution in [0.15, 0.2) is 334 Å². The predicted molar refractivity (Wildman–Crippen MR) is 606 cm³/mol. The molecule has 0 N–H and O–H groups in total. The molecule has 34 heteroatoms. The smallest absolute Gasteiger partial charge is 0.642 e. The zero-order valence-electron chi connectivity index (χ0n) is 76.8. The van der Waals surface area contributed by atoms with E-state index in [1.807, 2.05) is 265 Å². The van der Waals surface area contributed by atoms with Crippen LogP contribution in [0.5, 0.6) is 34.5 Å². The number of fused-ring (bicyclic) bond motifs is 12. The molecule has 698 valence electrons. The van der Waals surface area contributed by atoms with E-state index in [2.05, 4.69) is 261 Å². The highest BCUT2D eigenvalue weighted by Gasteiger charge is 2.53. The van der Waals surface area contributed by atoms with Gasteiger partial charge in [-0.1, -0.05) is 193 Å². The fourth-order valence-electron chi connectivity index (χ4n) is 17.3. The van der Waals surface area contributed by atoms with Gasteiger partial charge in [-0.15, -0.1) is 0 Å². The highest BCUT2D eigenvalue weighted by molar-refractivity contribution is 14.3. The maximum atomic E-state index is 15.4. The maximum Gasteiger partial charge on any atom is 0.834 e. The molecule has 138 heavy (non-hydrogen) atoms. The second-order valence-electron chi connectivity index (χ2n) is 35.5. The third kappa shape index (κ3) is 21.6. The highest BCUT2D eigenvalue weighted by atomic mass is 127. The number of hydrogen-bond donors (Lipinski definition) is 0. The first-order chi connectivity index (χ1) is 66.0. The lowest BCUT2D eigenvalue weighted by Crippen LogP contribution is -2.47.